The van der Waals surface area contributed by atoms with Crippen molar-refractivity contribution >= 4 is 52.6 Å². The Balaban J connectivity index is 1.00. The fourth-order valence-electron chi connectivity index (χ4n) is 6.46. The number of anilines is 1. The van der Waals surface area contributed by atoms with Crippen LogP contribution in [0.4, 0.5) is 5.95 Å². The largest absolute Gasteiger partial charge is 0.489 e. The average molecular weight is 947 g/mol. The minimum Gasteiger partial charge on any atom is -0.489 e. The molecule has 2 aromatic heterocycles. The van der Waals surface area contributed by atoms with Crippen molar-refractivity contribution in [2.75, 3.05) is 72.6 Å². The number of benzene rings is 2. The number of aromatic nitrogens is 3. The third-order valence-electron chi connectivity index (χ3n) is 9.88. The molecule has 1 aliphatic rings. The van der Waals surface area contributed by atoms with Crippen molar-refractivity contribution in [1.82, 2.24) is 30.5 Å². The van der Waals surface area contributed by atoms with Gasteiger partial charge in [0, 0.05) is 36.8 Å². The maximum atomic E-state index is 13.0. The van der Waals surface area contributed by atoms with E-state index in [1.54, 1.807) is 49.7 Å². The lowest BCUT2D eigenvalue weighted by molar-refractivity contribution is -0.162. The Morgan fingerprint density at radius 1 is 0.956 bits per heavy atom. The first-order valence-corrected chi connectivity index (χ1v) is 21.1. The van der Waals surface area contributed by atoms with Gasteiger partial charge in [0.25, 0.3) is 17.4 Å². The monoisotopic (exact) mass is 946 g/mol. The van der Waals surface area contributed by atoms with Gasteiger partial charge in [0.15, 0.2) is 5.65 Å². The van der Waals surface area contributed by atoms with Crippen LogP contribution in [0.25, 0.3) is 11.0 Å². The number of nitrogens with one attached hydrogen (secondary N) is 4. The van der Waals surface area contributed by atoms with E-state index in [4.69, 9.17) is 44.6 Å². The van der Waals surface area contributed by atoms with E-state index in [1.807, 2.05) is 0 Å². The molecule has 2 aromatic carbocycles. The highest BCUT2D eigenvalue weighted by atomic mass is 16.6. The summed E-state index contributed by atoms with van der Waals surface area (Å²) in [6.07, 6.45) is -1.53. The van der Waals surface area contributed by atoms with E-state index in [-0.39, 0.29) is 97.3 Å². The summed E-state index contributed by atoms with van der Waals surface area (Å²) in [6, 6.07) is 10.1. The number of amides is 3. The highest BCUT2D eigenvalue weighted by Crippen LogP contribution is 2.35. The summed E-state index contributed by atoms with van der Waals surface area (Å²) in [4.78, 5) is 94.3. The van der Waals surface area contributed by atoms with Crippen LogP contribution >= 0.6 is 0 Å². The molecule has 0 radical (unpaired) electrons. The van der Waals surface area contributed by atoms with E-state index in [0.29, 0.717) is 5.75 Å². The van der Waals surface area contributed by atoms with Gasteiger partial charge in [-0.3, -0.25) is 29.0 Å². The summed E-state index contributed by atoms with van der Waals surface area (Å²) in [5.41, 5.74) is 11.2. The van der Waals surface area contributed by atoms with Crippen LogP contribution in [0.15, 0.2) is 53.5 Å². The van der Waals surface area contributed by atoms with Crippen molar-refractivity contribution in [3.63, 3.8) is 0 Å². The van der Waals surface area contributed by atoms with E-state index in [2.05, 4.69) is 37.8 Å². The Bertz CT molecular complexity index is 2580. The first-order valence-electron chi connectivity index (χ1n) is 21.1. The summed E-state index contributed by atoms with van der Waals surface area (Å²) >= 11 is 0. The number of nitrogens with two attached hydrogens (primary N) is 2. The molecule has 0 aliphatic carbocycles. The molecule has 1 unspecified atom stereocenters. The number of fused-ring (bicyclic) bond motifs is 1. The Kier molecular flexibility index (Phi) is 18.1. The van der Waals surface area contributed by atoms with Crippen LogP contribution < -0.4 is 37.7 Å². The van der Waals surface area contributed by atoms with E-state index in [0.717, 1.165) is 0 Å². The van der Waals surface area contributed by atoms with Crippen LogP contribution in [0, 0.1) is 17.3 Å². The van der Waals surface area contributed by atoms with Crippen LogP contribution in [-0.2, 0) is 38.0 Å². The van der Waals surface area contributed by atoms with Gasteiger partial charge in [0.2, 0.25) is 11.9 Å². The van der Waals surface area contributed by atoms with E-state index in [9.17, 15) is 38.7 Å². The molecule has 364 valence electrons. The van der Waals surface area contributed by atoms with Gasteiger partial charge in [-0.15, -0.1) is 0 Å². The lowest BCUT2D eigenvalue weighted by Crippen LogP contribution is -2.35. The predicted octanol–water partition coefficient (Wildman–Crippen LogP) is 0.142. The number of methoxy groups -OCH3 is 2. The Labute approximate surface area is 389 Å². The number of nitrogens with zero attached hydrogens (tertiary/aromatic N) is 2. The standard InChI is InChI=1S/C45H54N8O15/c1-45(2,3)43(61)68-31-20-35(67-32(31)22-54)53-21-26(36-37(53)51-44(47)52-40(36)58)9-7-11-48-34(55)24-64-14-15-65-33(46)23-66-30-10-6-8-25(19-30)38(56)49-12-13-50-39(57)27-16-28(41(59)62-4)18-29(17-27)42(60)63-5/h6,8,10,16-19,21,31-33,35,54H,11-15,20,22-24,46H2,1-5H3,(H,48,55)(H,49,56)(H,50,57)(H3,47,51,52,58)/t31-,32+,33?,35+/m0/s1. The molecule has 0 bridgehead atoms. The first-order chi connectivity index (χ1) is 32.4. The summed E-state index contributed by atoms with van der Waals surface area (Å²) in [6.45, 7) is 4.35. The van der Waals surface area contributed by atoms with Crippen molar-refractivity contribution in [3.05, 3.63) is 86.8 Å². The van der Waals surface area contributed by atoms with Crippen molar-refractivity contribution in [3.8, 4) is 17.6 Å². The zero-order valence-corrected chi connectivity index (χ0v) is 38.0. The summed E-state index contributed by atoms with van der Waals surface area (Å²) < 4.78 is 39.1. The second-order valence-electron chi connectivity index (χ2n) is 16.0. The highest BCUT2D eigenvalue weighted by molar-refractivity contribution is 6.02. The molecule has 4 atom stereocenters. The number of aliphatic hydroxyl groups is 1. The van der Waals surface area contributed by atoms with Crippen LogP contribution in [0.2, 0.25) is 0 Å². The van der Waals surface area contributed by atoms with E-state index < -0.39 is 77.9 Å². The van der Waals surface area contributed by atoms with Crippen molar-refractivity contribution in [2.45, 2.75) is 51.9 Å². The molecular formula is C45H54N8O15. The summed E-state index contributed by atoms with van der Waals surface area (Å²) in [5.74, 6) is 2.39. The van der Waals surface area contributed by atoms with Gasteiger partial charge in [0.1, 0.15) is 43.6 Å². The molecule has 9 N–H and O–H groups in total. The number of rotatable bonds is 20. The maximum Gasteiger partial charge on any atom is 0.337 e. The van der Waals surface area contributed by atoms with Crippen LogP contribution in [0.1, 0.15) is 80.4 Å². The molecule has 4 aromatic rings. The van der Waals surface area contributed by atoms with E-state index in [1.165, 1.54) is 38.5 Å². The first kappa shape index (κ1) is 51.6. The summed E-state index contributed by atoms with van der Waals surface area (Å²) in [7, 11) is 2.33. The molecule has 5 rings (SSSR count). The number of nitrogen functional groups attached to an aromatic ring is 1. The Morgan fingerprint density at radius 2 is 1.62 bits per heavy atom. The van der Waals surface area contributed by atoms with Crippen LogP contribution in [0.3, 0.4) is 0 Å². The maximum absolute atomic E-state index is 13.0. The lowest BCUT2D eigenvalue weighted by Gasteiger charge is -2.22. The smallest absolute Gasteiger partial charge is 0.337 e. The number of carbonyl (C=O) groups excluding carboxylic acids is 6. The molecule has 23 nitrogen and oxygen atoms in total. The number of carbonyl (C=O) groups is 6. The Hall–Kier alpha value is -7.36. The second-order valence-corrected chi connectivity index (χ2v) is 16.0. The van der Waals surface area contributed by atoms with Crippen molar-refractivity contribution in [2.24, 2.45) is 11.1 Å². The Morgan fingerprint density at radius 3 is 2.26 bits per heavy atom. The van der Waals surface area contributed by atoms with Gasteiger partial charge in [0.05, 0.1) is 68.1 Å². The second kappa shape index (κ2) is 23.9. The minimum atomic E-state index is -0.880. The number of esters is 3. The molecule has 0 spiro atoms. The molecule has 0 saturated carbocycles. The van der Waals surface area contributed by atoms with Gasteiger partial charge < -0.3 is 70.2 Å². The van der Waals surface area contributed by atoms with Crippen LogP contribution in [-0.4, -0.2) is 141 Å². The number of aromatic amines is 1. The number of H-pyrrole nitrogens is 1. The normalized spacial score (nSPS) is 15.9. The van der Waals surface area contributed by atoms with Gasteiger partial charge in [-0.2, -0.15) is 4.98 Å². The van der Waals surface area contributed by atoms with Crippen molar-refractivity contribution in [1.29, 1.82) is 0 Å². The fraction of sp³-hybridized carbons (Fsp3) is 0.422. The lowest BCUT2D eigenvalue weighted by atomic mass is 9.97. The molecule has 1 saturated heterocycles. The number of aliphatic hydroxyl groups excluding tert-OH is 1. The molecule has 1 fully saturated rings. The fourth-order valence-corrected chi connectivity index (χ4v) is 6.46. The molecule has 23 heteroatoms. The zero-order chi connectivity index (χ0) is 49.5. The molecule has 68 heavy (non-hydrogen) atoms. The van der Waals surface area contributed by atoms with Gasteiger partial charge in [-0.05, 0) is 57.2 Å². The average Bonchev–Trinajstić information content (AvgIpc) is 3.90. The van der Waals surface area contributed by atoms with Gasteiger partial charge in [-0.1, -0.05) is 17.9 Å². The molecule has 3 heterocycles. The number of ether oxygens (including phenoxy) is 7. The number of hydrogen-bond acceptors (Lipinski definition) is 18. The summed E-state index contributed by atoms with van der Waals surface area (Å²) in [5, 5.41) is 18.0. The zero-order valence-electron chi connectivity index (χ0n) is 38.0. The topological polar surface area (TPSA) is 326 Å². The molecule has 3 amide bonds. The quantitative estimate of drug-likeness (QED) is 0.0204. The van der Waals surface area contributed by atoms with Crippen LogP contribution in [0.5, 0.6) is 5.75 Å². The predicted molar refractivity (Wildman–Crippen MR) is 240 cm³/mol. The van der Waals surface area contributed by atoms with Crippen molar-refractivity contribution < 1.29 is 67.0 Å². The third kappa shape index (κ3) is 14.1. The highest BCUT2D eigenvalue weighted by Gasteiger charge is 2.41. The molecule has 1 aliphatic heterocycles. The number of hydrogen-bond donors (Lipinski definition) is 7. The molecular weight excluding hydrogens is 893 g/mol. The third-order valence-corrected chi connectivity index (χ3v) is 9.88. The van der Waals surface area contributed by atoms with Gasteiger partial charge >= 0.3 is 17.9 Å². The van der Waals surface area contributed by atoms with E-state index >= 15 is 0 Å². The van der Waals surface area contributed by atoms with Gasteiger partial charge in [-0.25, -0.2) is 9.59 Å². The SMILES string of the molecule is COC(=O)c1cc(C(=O)NCCNC(=O)c2cccc(OCC(N)OCCOCC(=O)NCC#Cc3cn([C@H]4C[C@H](OC(=O)C(C)(C)C)[C@@H](CO)O4)c4nc(N)[nH]c(=O)c34)c2)cc(C(=O)OC)c1. The minimum absolute atomic E-state index is 0.0153.